The van der Waals surface area contributed by atoms with Gasteiger partial charge in [-0.25, -0.2) is 14.4 Å². The summed E-state index contributed by atoms with van der Waals surface area (Å²) >= 11 is 6.07. The summed E-state index contributed by atoms with van der Waals surface area (Å²) in [6, 6.07) is 7.42. The van der Waals surface area contributed by atoms with E-state index in [0.717, 1.165) is 6.07 Å². The van der Waals surface area contributed by atoms with Crippen molar-refractivity contribution < 1.29 is 36.9 Å². The molecule has 0 saturated carbocycles. The van der Waals surface area contributed by atoms with Crippen LogP contribution in [0, 0.1) is 6.92 Å². The second-order valence-corrected chi connectivity index (χ2v) is 11.5. The molecular formula is C30H28ClF4N3O4. The largest absolute Gasteiger partial charge is 0.494 e. The minimum absolute atomic E-state index is 0.0121. The van der Waals surface area contributed by atoms with E-state index in [1.165, 1.54) is 37.5 Å². The number of rotatable bonds is 6. The van der Waals surface area contributed by atoms with E-state index in [2.05, 4.69) is 15.3 Å². The fraction of sp³-hybridized carbons (Fsp3) is 0.367. The van der Waals surface area contributed by atoms with Gasteiger partial charge in [0.05, 0.1) is 31.3 Å². The zero-order valence-electron chi connectivity index (χ0n) is 23.1. The minimum Gasteiger partial charge on any atom is -0.494 e. The van der Waals surface area contributed by atoms with Crippen molar-refractivity contribution in [2.24, 2.45) is 0 Å². The van der Waals surface area contributed by atoms with Gasteiger partial charge in [0, 0.05) is 33.2 Å². The lowest BCUT2D eigenvalue weighted by molar-refractivity contribution is -0.265. The Balaban J connectivity index is 1.55. The summed E-state index contributed by atoms with van der Waals surface area (Å²) in [5, 5.41) is 12.9. The quantitative estimate of drug-likeness (QED) is 0.277. The van der Waals surface area contributed by atoms with E-state index in [1.807, 2.05) is 0 Å². The molecule has 3 heterocycles. The number of allylic oxidation sites excluding steroid dienone is 4. The van der Waals surface area contributed by atoms with Gasteiger partial charge < -0.3 is 19.9 Å². The number of aryl methyl sites for hydroxylation is 1. The standard InChI is InChI=1S/C30H28ClF4N3O4/c1-15-5-6-16-9-18(11-22(41-4)24(16)37-15)27(39)36-13-29(40,30(33,34)35)23-12-19-26(42-14-28(19,2)3)25(38-23)17-7-8-21(32)20(31)10-17/h5-12,20-21,40H,13-14H2,1-4H3,(H,36,39). The Labute approximate surface area is 244 Å². The van der Waals surface area contributed by atoms with Crippen LogP contribution in [0.5, 0.6) is 11.5 Å². The molecule has 7 nitrogen and oxygen atoms in total. The number of hydrogen-bond acceptors (Lipinski definition) is 6. The fourth-order valence-corrected chi connectivity index (χ4v) is 5.15. The van der Waals surface area contributed by atoms with Crippen LogP contribution in [0.1, 0.15) is 46.9 Å². The number of amides is 1. The molecule has 2 N–H and O–H groups in total. The van der Waals surface area contributed by atoms with E-state index in [1.54, 1.807) is 32.9 Å². The van der Waals surface area contributed by atoms with Crippen LogP contribution in [0.2, 0.25) is 0 Å². The third kappa shape index (κ3) is 5.20. The van der Waals surface area contributed by atoms with E-state index in [4.69, 9.17) is 21.1 Å². The van der Waals surface area contributed by atoms with Crippen LogP contribution in [-0.4, -0.2) is 59.0 Å². The van der Waals surface area contributed by atoms with Crippen molar-refractivity contribution in [1.29, 1.82) is 0 Å². The molecule has 1 aliphatic carbocycles. The van der Waals surface area contributed by atoms with Crippen LogP contribution in [0.25, 0.3) is 16.5 Å². The van der Waals surface area contributed by atoms with Gasteiger partial charge >= 0.3 is 6.18 Å². The van der Waals surface area contributed by atoms with Gasteiger partial charge in [-0.15, -0.1) is 11.6 Å². The average molecular weight is 606 g/mol. The van der Waals surface area contributed by atoms with E-state index in [9.17, 15) is 27.5 Å². The van der Waals surface area contributed by atoms with Gasteiger partial charge in [-0.1, -0.05) is 32.1 Å². The van der Waals surface area contributed by atoms with Crippen LogP contribution >= 0.6 is 11.6 Å². The molecule has 222 valence electrons. The smallest absolute Gasteiger partial charge is 0.424 e. The molecule has 3 atom stereocenters. The van der Waals surface area contributed by atoms with Crippen molar-refractivity contribution in [3.05, 3.63) is 76.8 Å². The predicted molar refractivity (Wildman–Crippen MR) is 150 cm³/mol. The molecule has 0 spiro atoms. The van der Waals surface area contributed by atoms with Gasteiger partial charge in [-0.2, -0.15) is 13.2 Å². The summed E-state index contributed by atoms with van der Waals surface area (Å²) in [6.07, 6.45) is -2.85. The van der Waals surface area contributed by atoms with Gasteiger partial charge in [-0.05, 0) is 37.3 Å². The van der Waals surface area contributed by atoms with E-state index in [0.29, 0.717) is 22.2 Å². The number of carbonyl (C=O) groups excluding carboxylic acids is 1. The van der Waals surface area contributed by atoms with Crippen molar-refractivity contribution in [3.63, 3.8) is 0 Å². The Morgan fingerprint density at radius 2 is 1.98 bits per heavy atom. The van der Waals surface area contributed by atoms with E-state index >= 15 is 0 Å². The first kappa shape index (κ1) is 29.8. The second-order valence-electron chi connectivity index (χ2n) is 11.0. The van der Waals surface area contributed by atoms with Crippen LogP contribution in [0.3, 0.4) is 0 Å². The number of nitrogens with zero attached hydrogens (tertiary/aromatic N) is 2. The molecule has 0 radical (unpaired) electrons. The number of methoxy groups -OCH3 is 1. The number of aliphatic hydroxyl groups is 1. The molecule has 3 aromatic rings. The second kappa shape index (κ2) is 10.5. The molecule has 2 aromatic heterocycles. The SMILES string of the molecule is COc1cc(C(=O)NCC(O)(c2cc3c(c(C4=CC(Cl)C(F)C=C4)n2)OCC3(C)C)C(F)(F)F)cc2ccc(C)nc12. The van der Waals surface area contributed by atoms with Crippen LogP contribution in [0.4, 0.5) is 17.6 Å². The van der Waals surface area contributed by atoms with Crippen molar-refractivity contribution in [2.75, 3.05) is 20.3 Å². The molecule has 0 saturated heterocycles. The summed E-state index contributed by atoms with van der Waals surface area (Å²) in [7, 11) is 1.39. The molecule has 3 unspecified atom stereocenters. The molecular weight excluding hydrogens is 578 g/mol. The molecule has 2 aliphatic rings. The molecule has 0 fully saturated rings. The van der Waals surface area contributed by atoms with Gasteiger partial charge in [0.15, 0.2) is 0 Å². The van der Waals surface area contributed by atoms with E-state index < -0.39 is 46.9 Å². The lowest BCUT2D eigenvalue weighted by Gasteiger charge is -2.31. The Morgan fingerprint density at radius 1 is 1.24 bits per heavy atom. The third-order valence-electron chi connectivity index (χ3n) is 7.43. The lowest BCUT2D eigenvalue weighted by atomic mass is 9.84. The van der Waals surface area contributed by atoms with Gasteiger partial charge in [-0.3, -0.25) is 4.79 Å². The van der Waals surface area contributed by atoms with Crippen LogP contribution in [-0.2, 0) is 11.0 Å². The van der Waals surface area contributed by atoms with Crippen LogP contribution in [0.15, 0.2) is 48.6 Å². The first-order chi connectivity index (χ1) is 19.6. The number of benzene rings is 1. The molecule has 42 heavy (non-hydrogen) atoms. The number of carbonyl (C=O) groups is 1. The first-order valence-electron chi connectivity index (χ1n) is 13.0. The van der Waals surface area contributed by atoms with E-state index in [-0.39, 0.29) is 34.9 Å². The zero-order valence-corrected chi connectivity index (χ0v) is 23.9. The maximum atomic E-state index is 14.6. The molecule has 12 heteroatoms. The zero-order chi connectivity index (χ0) is 30.6. The van der Waals surface area contributed by atoms with Crippen molar-refractivity contribution in [3.8, 4) is 11.5 Å². The Hall–Kier alpha value is -3.70. The molecule has 5 rings (SSSR count). The van der Waals surface area contributed by atoms with Gasteiger partial charge in [0.2, 0.25) is 5.60 Å². The maximum Gasteiger partial charge on any atom is 0.424 e. The third-order valence-corrected chi connectivity index (χ3v) is 7.80. The molecule has 1 amide bonds. The van der Waals surface area contributed by atoms with Gasteiger partial charge in [0.1, 0.15) is 28.9 Å². The Kier molecular flexibility index (Phi) is 7.47. The summed E-state index contributed by atoms with van der Waals surface area (Å²) in [5.41, 5.74) is -3.24. The molecule has 1 aliphatic heterocycles. The number of aromatic nitrogens is 2. The number of nitrogens with one attached hydrogen (secondary N) is 1. The highest BCUT2D eigenvalue weighted by Gasteiger charge is 2.57. The summed E-state index contributed by atoms with van der Waals surface area (Å²) in [5.74, 6) is -0.386. The number of fused-ring (bicyclic) bond motifs is 2. The van der Waals surface area contributed by atoms with Crippen LogP contribution < -0.4 is 14.8 Å². The van der Waals surface area contributed by atoms with Crippen molar-refractivity contribution >= 4 is 34.0 Å². The lowest BCUT2D eigenvalue weighted by Crippen LogP contribution is -2.51. The highest BCUT2D eigenvalue weighted by molar-refractivity contribution is 6.23. The Morgan fingerprint density at radius 3 is 2.64 bits per heavy atom. The normalized spacial score (nSPS) is 20.9. The highest BCUT2D eigenvalue weighted by atomic mass is 35.5. The highest BCUT2D eigenvalue weighted by Crippen LogP contribution is 2.47. The summed E-state index contributed by atoms with van der Waals surface area (Å²) in [4.78, 5) is 21.7. The summed E-state index contributed by atoms with van der Waals surface area (Å²) < 4.78 is 69.1. The molecule has 0 bridgehead atoms. The first-order valence-corrected chi connectivity index (χ1v) is 13.5. The number of halogens is 5. The fourth-order valence-electron chi connectivity index (χ4n) is 4.93. The minimum atomic E-state index is -5.25. The number of ether oxygens (including phenoxy) is 2. The monoisotopic (exact) mass is 605 g/mol. The van der Waals surface area contributed by atoms with Crippen molar-refractivity contribution in [2.45, 2.75) is 49.5 Å². The van der Waals surface area contributed by atoms with Gasteiger partial charge in [0.25, 0.3) is 5.91 Å². The Bertz CT molecular complexity index is 1640. The average Bonchev–Trinajstić information content (AvgIpc) is 3.25. The van der Waals surface area contributed by atoms with Crippen molar-refractivity contribution in [1.82, 2.24) is 15.3 Å². The number of pyridine rings is 2. The topological polar surface area (TPSA) is 93.6 Å². The number of alkyl halides is 5. The summed E-state index contributed by atoms with van der Waals surface area (Å²) in [6.45, 7) is 4.24. The predicted octanol–water partition coefficient (Wildman–Crippen LogP) is 5.70. The maximum absolute atomic E-state index is 14.6. The molecule has 1 aromatic carbocycles. The number of hydrogen-bond donors (Lipinski definition) is 2.